The Morgan fingerprint density at radius 2 is 1.53 bits per heavy atom. The second-order valence-electron chi connectivity index (χ2n) is 8.10. The van der Waals surface area contributed by atoms with E-state index in [9.17, 15) is 10.2 Å². The van der Waals surface area contributed by atoms with E-state index in [1.165, 1.54) is 0 Å². The molecular formula is C28H23ClN2O3. The zero-order valence-corrected chi connectivity index (χ0v) is 19.0. The molecule has 1 heterocycles. The number of aromatic hydroxyl groups is 2. The fourth-order valence-corrected chi connectivity index (χ4v) is 4.27. The van der Waals surface area contributed by atoms with Crippen molar-refractivity contribution in [3.63, 3.8) is 0 Å². The van der Waals surface area contributed by atoms with Gasteiger partial charge in [-0.05, 0) is 72.3 Å². The van der Waals surface area contributed by atoms with Crippen molar-refractivity contribution in [3.05, 3.63) is 113 Å². The molecule has 0 radical (unpaired) electrons. The number of nitrogens with one attached hydrogen (secondary N) is 1. The Kier molecular flexibility index (Phi) is 6.11. The number of halogens is 1. The minimum atomic E-state index is -0.516. The van der Waals surface area contributed by atoms with Crippen LogP contribution >= 0.6 is 11.6 Å². The summed E-state index contributed by atoms with van der Waals surface area (Å²) < 4.78 is 6.53. The first kappa shape index (κ1) is 21.9. The molecule has 0 bridgehead atoms. The molecule has 0 saturated carbocycles. The summed E-state index contributed by atoms with van der Waals surface area (Å²) in [5.74, 6) is 0.707. The van der Waals surface area contributed by atoms with E-state index < -0.39 is 6.10 Å². The molecule has 2 atom stereocenters. The molecule has 0 saturated heterocycles. The highest BCUT2D eigenvalue weighted by Crippen LogP contribution is 2.42. The van der Waals surface area contributed by atoms with Gasteiger partial charge in [0.1, 0.15) is 29.0 Å². The van der Waals surface area contributed by atoms with Gasteiger partial charge in [-0.3, -0.25) is 0 Å². The number of fused-ring (bicyclic) bond motifs is 1. The lowest BCUT2D eigenvalue weighted by molar-refractivity contribution is 0.172. The van der Waals surface area contributed by atoms with Crippen LogP contribution in [0, 0.1) is 5.92 Å². The Morgan fingerprint density at radius 1 is 0.824 bits per heavy atom. The topological polar surface area (TPSA) is 74.1 Å². The Balaban J connectivity index is 1.63. The molecular weight excluding hydrogens is 448 g/mol. The van der Waals surface area contributed by atoms with E-state index >= 15 is 0 Å². The zero-order valence-electron chi connectivity index (χ0n) is 18.2. The van der Waals surface area contributed by atoms with E-state index in [0.717, 1.165) is 17.0 Å². The first-order valence-electron chi connectivity index (χ1n) is 11.0. The van der Waals surface area contributed by atoms with Crippen molar-refractivity contribution in [2.45, 2.75) is 6.10 Å². The molecule has 4 aromatic carbocycles. The highest BCUT2D eigenvalue weighted by molar-refractivity contribution is 6.30. The number of aliphatic imine (C=N–C) groups is 1. The van der Waals surface area contributed by atoms with Gasteiger partial charge in [-0.1, -0.05) is 41.9 Å². The Bertz CT molecular complexity index is 1320. The lowest BCUT2D eigenvalue weighted by Gasteiger charge is -2.29. The number of ether oxygens (including phenoxy) is 1. The molecule has 1 aliphatic rings. The van der Waals surface area contributed by atoms with E-state index in [-0.39, 0.29) is 17.4 Å². The quantitative estimate of drug-likeness (QED) is 0.302. The van der Waals surface area contributed by atoms with Gasteiger partial charge in [-0.25, -0.2) is 4.99 Å². The summed E-state index contributed by atoms with van der Waals surface area (Å²) in [4.78, 5) is 5.02. The van der Waals surface area contributed by atoms with Crippen LogP contribution in [0.2, 0.25) is 5.02 Å². The smallest absolute Gasteiger partial charge is 0.145 e. The second kappa shape index (κ2) is 9.49. The Hall–Kier alpha value is -3.96. The number of nitrogens with zero attached hydrogens (tertiary/aromatic N) is 1. The van der Waals surface area contributed by atoms with Crippen molar-refractivity contribution in [1.29, 1.82) is 0 Å². The van der Waals surface area contributed by atoms with Crippen LogP contribution in [0.5, 0.6) is 17.2 Å². The van der Waals surface area contributed by atoms with Gasteiger partial charge in [-0.2, -0.15) is 0 Å². The number of benzene rings is 4. The van der Waals surface area contributed by atoms with Crippen molar-refractivity contribution in [2.24, 2.45) is 10.9 Å². The maximum atomic E-state index is 10.7. The third kappa shape index (κ3) is 4.56. The summed E-state index contributed by atoms with van der Waals surface area (Å²) >= 11 is 6.06. The number of phenolic OH excluding ortho intramolecular Hbond substituents is 2. The van der Waals surface area contributed by atoms with Crippen LogP contribution in [0.25, 0.3) is 0 Å². The zero-order chi connectivity index (χ0) is 23.5. The predicted molar refractivity (Wildman–Crippen MR) is 136 cm³/mol. The number of rotatable bonds is 5. The molecule has 34 heavy (non-hydrogen) atoms. The third-order valence-electron chi connectivity index (χ3n) is 5.85. The molecule has 2 unspecified atom stereocenters. The van der Waals surface area contributed by atoms with Gasteiger partial charge in [0.2, 0.25) is 0 Å². The SMILES string of the molecule is Oc1ccc(C2=Nc3ccccc3OC(c3ccccc3O)C2CNc2ccc(Cl)cc2)cc1. The van der Waals surface area contributed by atoms with E-state index in [4.69, 9.17) is 21.3 Å². The fourth-order valence-electron chi connectivity index (χ4n) is 4.14. The Morgan fingerprint density at radius 3 is 2.29 bits per heavy atom. The standard InChI is InChI=1S/C28H23ClN2O3/c29-19-11-13-20(14-12-19)30-17-23-27(18-9-15-21(32)16-10-18)31-24-6-2-4-8-26(24)34-28(23)22-5-1-3-7-25(22)33/h1-16,23,28,30,32-33H,17H2. The first-order chi connectivity index (χ1) is 16.6. The summed E-state index contributed by atoms with van der Waals surface area (Å²) in [6.45, 7) is 0.480. The minimum Gasteiger partial charge on any atom is -0.508 e. The molecule has 0 spiro atoms. The number of hydrogen-bond acceptors (Lipinski definition) is 5. The van der Waals surface area contributed by atoms with Gasteiger partial charge in [0.25, 0.3) is 0 Å². The highest BCUT2D eigenvalue weighted by atomic mass is 35.5. The van der Waals surface area contributed by atoms with Crippen molar-refractivity contribution in [3.8, 4) is 17.2 Å². The molecule has 1 aliphatic heterocycles. The minimum absolute atomic E-state index is 0.161. The summed E-state index contributed by atoms with van der Waals surface area (Å²) in [6, 6.07) is 29.3. The van der Waals surface area contributed by atoms with Crippen molar-refractivity contribution in [1.82, 2.24) is 0 Å². The Labute approximate surface area is 203 Å². The monoisotopic (exact) mass is 470 g/mol. The van der Waals surface area contributed by atoms with Gasteiger partial charge < -0.3 is 20.3 Å². The predicted octanol–water partition coefficient (Wildman–Crippen LogP) is 6.73. The molecule has 0 aromatic heterocycles. The van der Waals surface area contributed by atoms with Gasteiger partial charge in [-0.15, -0.1) is 0 Å². The lowest BCUT2D eigenvalue weighted by Crippen LogP contribution is -2.32. The van der Waals surface area contributed by atoms with Crippen LogP contribution < -0.4 is 10.1 Å². The van der Waals surface area contributed by atoms with Gasteiger partial charge in [0.15, 0.2) is 0 Å². The van der Waals surface area contributed by atoms with Crippen LogP contribution in [0.3, 0.4) is 0 Å². The summed E-state index contributed by atoms with van der Waals surface area (Å²) in [7, 11) is 0. The van der Waals surface area contributed by atoms with E-state index in [1.54, 1.807) is 24.3 Å². The van der Waals surface area contributed by atoms with Crippen molar-refractivity contribution >= 4 is 28.7 Å². The first-order valence-corrected chi connectivity index (χ1v) is 11.4. The average Bonchev–Trinajstić information content (AvgIpc) is 3.01. The lowest BCUT2D eigenvalue weighted by atomic mass is 9.87. The molecule has 0 aliphatic carbocycles. The summed E-state index contributed by atoms with van der Waals surface area (Å²) in [5.41, 5.74) is 3.95. The van der Waals surface area contributed by atoms with E-state index in [2.05, 4.69) is 5.32 Å². The number of para-hydroxylation sites is 3. The van der Waals surface area contributed by atoms with Gasteiger partial charge >= 0.3 is 0 Å². The number of anilines is 1. The highest BCUT2D eigenvalue weighted by Gasteiger charge is 2.35. The molecule has 170 valence electrons. The van der Waals surface area contributed by atoms with E-state index in [0.29, 0.717) is 28.6 Å². The van der Waals surface area contributed by atoms with E-state index in [1.807, 2.05) is 72.8 Å². The van der Waals surface area contributed by atoms with Crippen LogP contribution in [0.4, 0.5) is 11.4 Å². The molecule has 6 heteroatoms. The van der Waals surface area contributed by atoms with Crippen LogP contribution in [-0.2, 0) is 0 Å². The molecule has 0 amide bonds. The number of phenols is 2. The maximum absolute atomic E-state index is 10.7. The third-order valence-corrected chi connectivity index (χ3v) is 6.11. The molecule has 5 rings (SSSR count). The molecule has 0 fully saturated rings. The van der Waals surface area contributed by atoms with Crippen molar-refractivity contribution < 1.29 is 14.9 Å². The molecule has 4 aromatic rings. The second-order valence-corrected chi connectivity index (χ2v) is 8.54. The fraction of sp³-hybridized carbons (Fsp3) is 0.107. The normalized spacial score (nSPS) is 17.1. The average molecular weight is 471 g/mol. The van der Waals surface area contributed by atoms with Crippen molar-refractivity contribution in [2.75, 3.05) is 11.9 Å². The van der Waals surface area contributed by atoms with Crippen LogP contribution in [0.1, 0.15) is 17.2 Å². The number of hydrogen-bond donors (Lipinski definition) is 3. The van der Waals surface area contributed by atoms with Gasteiger partial charge in [0.05, 0.1) is 11.6 Å². The summed E-state index contributed by atoms with van der Waals surface area (Å²) in [5, 5.41) is 24.7. The van der Waals surface area contributed by atoms with Gasteiger partial charge in [0, 0.05) is 22.8 Å². The molecule has 5 nitrogen and oxygen atoms in total. The molecule has 3 N–H and O–H groups in total. The van der Waals surface area contributed by atoms with Crippen LogP contribution in [0.15, 0.2) is 102 Å². The van der Waals surface area contributed by atoms with Crippen LogP contribution in [-0.4, -0.2) is 22.5 Å². The summed E-state index contributed by atoms with van der Waals surface area (Å²) in [6.07, 6.45) is -0.516. The maximum Gasteiger partial charge on any atom is 0.145 e. The largest absolute Gasteiger partial charge is 0.508 e.